The summed E-state index contributed by atoms with van der Waals surface area (Å²) in [6.07, 6.45) is -0.747. The first-order chi connectivity index (χ1) is 25.1. The molecule has 0 spiro atoms. The van der Waals surface area contributed by atoms with Crippen molar-refractivity contribution in [3.63, 3.8) is 0 Å². The van der Waals surface area contributed by atoms with Crippen LogP contribution in [0.1, 0.15) is 60.9 Å². The Kier molecular flexibility index (Phi) is 10.6. The Hall–Kier alpha value is -4.97. The highest BCUT2D eigenvalue weighted by atomic mass is 35.5. The second kappa shape index (κ2) is 14.8. The van der Waals surface area contributed by atoms with E-state index in [1.54, 1.807) is 24.3 Å². The van der Waals surface area contributed by atoms with Gasteiger partial charge in [0, 0.05) is 34.6 Å². The number of nitrogens with zero attached hydrogens (tertiary/aromatic N) is 3. The Morgan fingerprint density at radius 3 is 2.30 bits per heavy atom. The summed E-state index contributed by atoms with van der Waals surface area (Å²) < 4.78 is 69.3. The average Bonchev–Trinajstić information content (AvgIpc) is 3.98. The first-order valence-corrected chi connectivity index (χ1v) is 18.7. The molecule has 1 heterocycles. The van der Waals surface area contributed by atoms with E-state index in [4.69, 9.17) is 16.3 Å². The van der Waals surface area contributed by atoms with Crippen LogP contribution in [0.25, 0.3) is 0 Å². The van der Waals surface area contributed by atoms with Gasteiger partial charge in [-0.3, -0.25) is 14.4 Å². The van der Waals surface area contributed by atoms with Crippen LogP contribution in [0.5, 0.6) is 6.01 Å². The lowest BCUT2D eigenvalue weighted by Gasteiger charge is -2.19. The Morgan fingerprint density at radius 2 is 1.68 bits per heavy atom. The van der Waals surface area contributed by atoms with E-state index in [9.17, 15) is 36.0 Å². The summed E-state index contributed by atoms with van der Waals surface area (Å²) in [6, 6.07) is 12.7. The highest BCUT2D eigenvalue weighted by Crippen LogP contribution is 2.57. The Balaban J connectivity index is 1.02. The van der Waals surface area contributed by atoms with E-state index in [-0.39, 0.29) is 48.7 Å². The lowest BCUT2D eigenvalue weighted by atomic mass is 10.1. The number of benzene rings is 2. The zero-order valence-corrected chi connectivity index (χ0v) is 29.7. The minimum Gasteiger partial charge on any atom is -0.454 e. The van der Waals surface area contributed by atoms with Crippen molar-refractivity contribution in [3.05, 3.63) is 76.7 Å². The third-order valence-corrected chi connectivity index (χ3v) is 10.3. The first kappa shape index (κ1) is 37.8. The molecule has 19 heteroatoms. The molecule has 0 aliphatic heterocycles. The van der Waals surface area contributed by atoms with Gasteiger partial charge in [0.1, 0.15) is 5.54 Å². The summed E-state index contributed by atoms with van der Waals surface area (Å²) in [5.74, 6) is -1.62. The van der Waals surface area contributed by atoms with E-state index in [1.807, 2.05) is 16.9 Å². The molecule has 1 aromatic heterocycles. The molecule has 5 N–H and O–H groups in total. The van der Waals surface area contributed by atoms with Crippen LogP contribution in [0, 0.1) is 11.8 Å². The second-order valence-electron chi connectivity index (χ2n) is 13.3. The number of aromatic nitrogens is 3. The van der Waals surface area contributed by atoms with Crippen molar-refractivity contribution in [2.45, 2.75) is 62.2 Å². The number of hydrogen-bond donors (Lipinski definition) is 5. The van der Waals surface area contributed by atoms with Gasteiger partial charge in [-0.25, -0.2) is 13.1 Å². The van der Waals surface area contributed by atoms with E-state index in [2.05, 4.69) is 42.8 Å². The molecule has 3 aliphatic rings. The van der Waals surface area contributed by atoms with Crippen LogP contribution in [-0.4, -0.2) is 66.0 Å². The van der Waals surface area contributed by atoms with Crippen molar-refractivity contribution >= 4 is 56.9 Å². The predicted octanol–water partition coefficient (Wildman–Crippen LogP) is 4.70. The van der Waals surface area contributed by atoms with Crippen molar-refractivity contribution in [2.24, 2.45) is 11.8 Å². The number of sulfonamides is 1. The van der Waals surface area contributed by atoms with Gasteiger partial charge in [-0.2, -0.15) is 28.1 Å². The summed E-state index contributed by atoms with van der Waals surface area (Å²) in [7, 11) is -4.02. The third-order valence-electron chi connectivity index (χ3n) is 9.17. The van der Waals surface area contributed by atoms with Crippen LogP contribution >= 0.6 is 11.6 Å². The van der Waals surface area contributed by atoms with Gasteiger partial charge < -0.3 is 26.0 Å². The third kappa shape index (κ3) is 9.72. The van der Waals surface area contributed by atoms with Crippen molar-refractivity contribution in [3.8, 4) is 6.01 Å². The molecule has 3 aromatic rings. The number of amides is 3. The maximum Gasteiger partial charge on any atom is 0.422 e. The molecule has 3 amide bonds. The number of halogens is 4. The normalized spacial score (nSPS) is 20.0. The molecule has 0 unspecified atom stereocenters. The summed E-state index contributed by atoms with van der Waals surface area (Å²) in [5, 5.41) is 12.7. The highest BCUT2D eigenvalue weighted by molar-refractivity contribution is 7.92. The fraction of sp³-hybridized carbons (Fsp3) is 0.412. The van der Waals surface area contributed by atoms with Gasteiger partial charge in [0.05, 0.1) is 5.54 Å². The molecule has 14 nitrogen and oxygen atoms in total. The molecule has 2 atom stereocenters. The van der Waals surface area contributed by atoms with Crippen LogP contribution < -0.4 is 30.7 Å². The van der Waals surface area contributed by atoms with Gasteiger partial charge in [0.25, 0.3) is 21.8 Å². The van der Waals surface area contributed by atoms with Crippen molar-refractivity contribution in [2.75, 3.05) is 23.8 Å². The number of carbonyl (C=O) groups excluding carboxylic acids is 3. The van der Waals surface area contributed by atoms with Crippen molar-refractivity contribution < 1.29 is 40.7 Å². The van der Waals surface area contributed by atoms with Gasteiger partial charge in [0.2, 0.25) is 17.8 Å². The lowest BCUT2D eigenvalue weighted by Crippen LogP contribution is -2.51. The summed E-state index contributed by atoms with van der Waals surface area (Å²) >= 11 is 6.02. The van der Waals surface area contributed by atoms with Gasteiger partial charge in [-0.15, -0.1) is 0 Å². The van der Waals surface area contributed by atoms with Crippen molar-refractivity contribution in [1.29, 1.82) is 0 Å². The quantitative estimate of drug-likeness (QED) is 0.119. The monoisotopic (exact) mass is 776 g/mol. The van der Waals surface area contributed by atoms with E-state index in [0.717, 1.165) is 31.2 Å². The predicted molar refractivity (Wildman–Crippen MR) is 188 cm³/mol. The SMILES string of the molecule is C=CS(=O)(=O)NC(=O)[C@@]1(NC(=O)CCCNC(=O)c2ccc(Nc3nc(NC4(c5ccc(Cl)cc5)CC4)nc(OCC(F)(F)F)n3)cc2)C[C@H]1C1CC1. The molecular formula is C34H36ClF3N8O6S. The fourth-order valence-electron chi connectivity index (χ4n) is 6.05. The summed E-state index contributed by atoms with van der Waals surface area (Å²) in [6.45, 7) is 1.73. The van der Waals surface area contributed by atoms with Crippen LogP contribution in [0.4, 0.5) is 30.8 Å². The topological polar surface area (TPSA) is 193 Å². The minimum absolute atomic E-state index is 0.00394. The van der Waals surface area contributed by atoms with Gasteiger partial charge >= 0.3 is 12.2 Å². The molecule has 3 aliphatic carbocycles. The average molecular weight is 777 g/mol. The standard InChI is InChI=1S/C34H36ClF3N8O6S/c1-2-53(50,51)46-28(49)33(18-25(33)20-5-6-20)44-26(47)4-3-17-39-27(48)21-7-13-24(14-8-21)40-29-41-30(43-31(42-29)52-19-34(36,37)38)45-32(15-16-32)22-9-11-23(35)12-10-22/h2,7-14,20,25H,1,3-6,15-19H2,(H,39,48)(H,44,47)(H,46,49)(H2,40,41,42,43,45)/t25-,33+/m0/s1. The molecule has 6 rings (SSSR count). The largest absolute Gasteiger partial charge is 0.454 e. The number of carbonyl (C=O) groups is 3. The van der Waals surface area contributed by atoms with E-state index in [0.29, 0.717) is 22.5 Å². The van der Waals surface area contributed by atoms with E-state index in [1.165, 1.54) is 12.1 Å². The minimum atomic E-state index is -4.62. The molecule has 3 saturated carbocycles. The lowest BCUT2D eigenvalue weighted by molar-refractivity contribution is -0.154. The van der Waals surface area contributed by atoms with Gasteiger partial charge in [-0.05, 0) is 92.3 Å². The first-order valence-electron chi connectivity index (χ1n) is 16.7. The molecule has 282 valence electrons. The number of nitrogens with one attached hydrogen (secondary N) is 5. The summed E-state index contributed by atoms with van der Waals surface area (Å²) in [5.41, 5.74) is -0.200. The van der Waals surface area contributed by atoms with E-state index < -0.39 is 57.6 Å². The number of ether oxygens (including phenoxy) is 1. The molecule has 3 fully saturated rings. The van der Waals surface area contributed by atoms with Crippen LogP contribution in [0.15, 0.2) is 60.5 Å². The molecule has 2 aromatic carbocycles. The second-order valence-corrected chi connectivity index (χ2v) is 15.3. The van der Waals surface area contributed by atoms with E-state index >= 15 is 0 Å². The number of anilines is 3. The number of hydrogen-bond acceptors (Lipinski definition) is 11. The number of rotatable bonds is 17. The molecule has 0 saturated heterocycles. The molecule has 53 heavy (non-hydrogen) atoms. The Bertz CT molecular complexity index is 1990. The molecular weight excluding hydrogens is 741 g/mol. The Labute approximate surface area is 307 Å². The summed E-state index contributed by atoms with van der Waals surface area (Å²) in [4.78, 5) is 50.7. The zero-order chi connectivity index (χ0) is 38.0. The molecule has 0 bridgehead atoms. The maximum atomic E-state index is 12.9. The van der Waals surface area contributed by atoms with Crippen molar-refractivity contribution in [1.82, 2.24) is 30.3 Å². The smallest absolute Gasteiger partial charge is 0.422 e. The van der Waals surface area contributed by atoms with Gasteiger partial charge in [0.15, 0.2) is 6.61 Å². The zero-order valence-electron chi connectivity index (χ0n) is 28.1. The number of alkyl halides is 3. The molecule has 0 radical (unpaired) electrons. The van der Waals surface area contributed by atoms with Gasteiger partial charge in [-0.1, -0.05) is 30.3 Å². The van der Waals surface area contributed by atoms with Crippen LogP contribution in [0.3, 0.4) is 0 Å². The highest BCUT2D eigenvalue weighted by Gasteiger charge is 2.66. The Morgan fingerprint density at radius 1 is 1.00 bits per heavy atom. The fourth-order valence-corrected chi connectivity index (χ4v) is 6.70. The van der Waals surface area contributed by atoms with Crippen LogP contribution in [0.2, 0.25) is 5.02 Å². The maximum absolute atomic E-state index is 12.9. The van der Waals surface area contributed by atoms with Crippen LogP contribution in [-0.2, 0) is 25.2 Å².